The molecule has 0 bridgehead atoms. The van der Waals surface area contributed by atoms with Crippen molar-refractivity contribution in [2.45, 2.75) is 13.5 Å². The number of H-pyrrole nitrogens is 1. The van der Waals surface area contributed by atoms with E-state index in [2.05, 4.69) is 14.9 Å². The van der Waals surface area contributed by atoms with Crippen LogP contribution in [0.1, 0.15) is 12.7 Å². The fourth-order valence-corrected chi connectivity index (χ4v) is 3.23. The average molecular weight is 336 g/mol. The number of aromatic nitrogens is 2. The monoisotopic (exact) mass is 336 g/mol. The van der Waals surface area contributed by atoms with Crippen molar-refractivity contribution in [2.75, 3.05) is 26.2 Å². The van der Waals surface area contributed by atoms with Crippen LogP contribution in [-0.4, -0.2) is 59.7 Å². The normalized spacial score (nSPS) is 16.0. The maximum atomic E-state index is 12.3. The molecule has 4 rings (SSSR count). The summed E-state index contributed by atoms with van der Waals surface area (Å²) >= 11 is 0. The highest BCUT2D eigenvalue weighted by Gasteiger charge is 2.20. The third-order valence-corrected chi connectivity index (χ3v) is 4.59. The molecule has 0 atom stereocenters. The van der Waals surface area contributed by atoms with Crippen LogP contribution < -0.4 is 11.0 Å². The number of rotatable bonds is 2. The van der Waals surface area contributed by atoms with Crippen LogP contribution in [0.15, 0.2) is 27.4 Å². The Bertz CT molecular complexity index is 1020. The lowest BCUT2D eigenvalue weighted by Crippen LogP contribution is -2.47. The Labute approximate surface area is 145 Å². The first-order valence-electron chi connectivity index (χ1n) is 8.20. The summed E-state index contributed by atoms with van der Waals surface area (Å²) in [6, 6.07) is 5.24. The molecule has 8 heteroatoms. The second-order valence-electron chi connectivity index (χ2n) is 6.33. The molecule has 0 spiro atoms. The minimum Gasteiger partial charge on any atom is -0.449 e. The molecule has 1 amide bonds. The minimum absolute atomic E-state index is 0.0926. The van der Waals surface area contributed by atoms with Crippen LogP contribution in [0.5, 0.6) is 0 Å². The smallest absolute Gasteiger partial charge is 0.294 e. The molecule has 2 radical (unpaired) electrons. The number of fused-ring (bicyclic) bond motifs is 3. The van der Waals surface area contributed by atoms with E-state index in [1.807, 2.05) is 4.90 Å². The van der Waals surface area contributed by atoms with Crippen molar-refractivity contribution in [3.8, 4) is 0 Å². The van der Waals surface area contributed by atoms with Gasteiger partial charge in [0.25, 0.3) is 5.56 Å². The van der Waals surface area contributed by atoms with Crippen molar-refractivity contribution >= 4 is 41.3 Å². The minimum atomic E-state index is -0.294. The number of nitrogens with one attached hydrogen (secondary N) is 1. The van der Waals surface area contributed by atoms with Gasteiger partial charge in [0.05, 0.1) is 6.54 Å². The Balaban J connectivity index is 1.64. The second kappa shape index (κ2) is 6.04. The molecule has 25 heavy (non-hydrogen) atoms. The Morgan fingerprint density at radius 2 is 2.08 bits per heavy atom. The number of carbonyl (C=O) groups excluding carboxylic acids is 1. The van der Waals surface area contributed by atoms with Gasteiger partial charge in [0, 0.05) is 38.5 Å². The largest absolute Gasteiger partial charge is 0.449 e. The summed E-state index contributed by atoms with van der Waals surface area (Å²) < 4.78 is 5.60. The second-order valence-corrected chi connectivity index (χ2v) is 6.33. The Morgan fingerprint density at radius 3 is 2.80 bits per heavy atom. The third-order valence-electron chi connectivity index (χ3n) is 4.59. The number of benzene rings is 1. The van der Waals surface area contributed by atoms with Crippen molar-refractivity contribution < 1.29 is 9.21 Å². The van der Waals surface area contributed by atoms with Crippen molar-refractivity contribution in [3.63, 3.8) is 0 Å². The number of carbonyl (C=O) groups is 1. The van der Waals surface area contributed by atoms with Gasteiger partial charge in [0.2, 0.25) is 11.5 Å². The lowest BCUT2D eigenvalue weighted by Gasteiger charge is -2.33. The van der Waals surface area contributed by atoms with Gasteiger partial charge in [-0.15, -0.1) is 0 Å². The summed E-state index contributed by atoms with van der Waals surface area (Å²) in [7, 11) is 5.84. The standard InChI is InChI=1S/C17H17BN4O3/c1-10(23)22-6-4-21(5-7-22)9-14-19-15-12-8-11(18)2-3-13(12)25-16(15)17(24)20-14/h2-3,8H,4-7,9H2,1H3,(H,19,20,24). The van der Waals surface area contributed by atoms with Gasteiger partial charge in [-0.1, -0.05) is 17.6 Å². The van der Waals surface area contributed by atoms with E-state index in [9.17, 15) is 9.59 Å². The zero-order chi connectivity index (χ0) is 17.6. The first-order chi connectivity index (χ1) is 12.0. The summed E-state index contributed by atoms with van der Waals surface area (Å²) in [6.45, 7) is 4.98. The highest BCUT2D eigenvalue weighted by Crippen LogP contribution is 2.23. The van der Waals surface area contributed by atoms with Gasteiger partial charge in [0.15, 0.2) is 0 Å². The molecule has 2 aromatic heterocycles. The molecule has 1 N–H and O–H groups in total. The maximum absolute atomic E-state index is 12.3. The number of piperazine rings is 1. The van der Waals surface area contributed by atoms with Crippen LogP contribution in [0.4, 0.5) is 0 Å². The van der Waals surface area contributed by atoms with Crippen molar-refractivity contribution in [2.24, 2.45) is 0 Å². The number of hydrogen-bond acceptors (Lipinski definition) is 5. The highest BCUT2D eigenvalue weighted by atomic mass is 16.3. The maximum Gasteiger partial charge on any atom is 0.294 e. The summed E-state index contributed by atoms with van der Waals surface area (Å²) in [4.78, 5) is 35.1. The van der Waals surface area contributed by atoms with E-state index < -0.39 is 0 Å². The highest BCUT2D eigenvalue weighted by molar-refractivity contribution is 6.33. The van der Waals surface area contributed by atoms with Crippen LogP contribution in [0, 0.1) is 0 Å². The van der Waals surface area contributed by atoms with Crippen LogP contribution in [-0.2, 0) is 11.3 Å². The molecule has 1 saturated heterocycles. The predicted molar refractivity (Wildman–Crippen MR) is 95.1 cm³/mol. The summed E-state index contributed by atoms with van der Waals surface area (Å²) in [5, 5.41) is 0.740. The molecule has 1 aromatic carbocycles. The van der Waals surface area contributed by atoms with Gasteiger partial charge in [-0.3, -0.25) is 14.5 Å². The predicted octanol–water partition coefficient (Wildman–Crippen LogP) is 0.127. The van der Waals surface area contributed by atoms with Crippen molar-refractivity contribution in [1.82, 2.24) is 19.8 Å². The van der Waals surface area contributed by atoms with E-state index in [0.717, 1.165) is 18.5 Å². The third kappa shape index (κ3) is 2.93. The molecule has 0 unspecified atom stereocenters. The Hall–Kier alpha value is -2.61. The van der Waals surface area contributed by atoms with Crippen LogP contribution in [0.2, 0.25) is 0 Å². The molecule has 1 fully saturated rings. The van der Waals surface area contributed by atoms with Gasteiger partial charge in [-0.25, -0.2) is 4.98 Å². The molecule has 0 aliphatic carbocycles. The van der Waals surface area contributed by atoms with Crippen LogP contribution >= 0.6 is 0 Å². The summed E-state index contributed by atoms with van der Waals surface area (Å²) in [5.41, 5.74) is 1.64. The van der Waals surface area contributed by atoms with Gasteiger partial charge >= 0.3 is 0 Å². The van der Waals surface area contributed by atoms with E-state index in [1.165, 1.54) is 0 Å². The number of furan rings is 1. The molecule has 3 aromatic rings. The summed E-state index contributed by atoms with van der Waals surface area (Å²) in [5.74, 6) is 0.675. The zero-order valence-electron chi connectivity index (χ0n) is 13.9. The first kappa shape index (κ1) is 15.9. The molecular weight excluding hydrogens is 319 g/mol. The van der Waals surface area contributed by atoms with E-state index in [1.54, 1.807) is 25.1 Å². The Morgan fingerprint density at radius 1 is 1.32 bits per heavy atom. The van der Waals surface area contributed by atoms with Crippen LogP contribution in [0.3, 0.4) is 0 Å². The van der Waals surface area contributed by atoms with E-state index >= 15 is 0 Å². The molecule has 1 aliphatic heterocycles. The van der Waals surface area contributed by atoms with Crippen LogP contribution in [0.25, 0.3) is 22.1 Å². The quantitative estimate of drug-likeness (QED) is 0.673. The molecule has 0 saturated carbocycles. The van der Waals surface area contributed by atoms with Gasteiger partial charge in [-0.2, -0.15) is 0 Å². The molecule has 3 heterocycles. The first-order valence-corrected chi connectivity index (χ1v) is 8.20. The van der Waals surface area contributed by atoms with E-state index in [-0.39, 0.29) is 17.0 Å². The lowest BCUT2D eigenvalue weighted by molar-refractivity contribution is -0.130. The number of hydrogen-bond donors (Lipinski definition) is 1. The van der Waals surface area contributed by atoms with E-state index in [0.29, 0.717) is 42.0 Å². The molecular formula is C17H17BN4O3. The topological polar surface area (TPSA) is 82.4 Å². The number of amides is 1. The molecule has 1 aliphatic rings. The summed E-state index contributed by atoms with van der Waals surface area (Å²) in [6.07, 6.45) is 0. The lowest BCUT2D eigenvalue weighted by atomic mass is 9.95. The molecule has 7 nitrogen and oxygen atoms in total. The fourth-order valence-electron chi connectivity index (χ4n) is 3.23. The number of nitrogens with zero attached hydrogens (tertiary/aromatic N) is 3. The average Bonchev–Trinajstić information content (AvgIpc) is 2.94. The molecule has 126 valence electrons. The zero-order valence-corrected chi connectivity index (χ0v) is 13.9. The Kier molecular flexibility index (Phi) is 3.84. The van der Waals surface area contributed by atoms with Gasteiger partial charge < -0.3 is 14.3 Å². The van der Waals surface area contributed by atoms with Crippen molar-refractivity contribution in [3.05, 3.63) is 34.4 Å². The van der Waals surface area contributed by atoms with Crippen molar-refractivity contribution in [1.29, 1.82) is 0 Å². The SMILES string of the molecule is [B]c1ccc2oc3c(=O)[nH]c(CN4CCN(C(C)=O)CC4)nc3c2c1. The van der Waals surface area contributed by atoms with Gasteiger partial charge in [0.1, 0.15) is 24.8 Å². The fraction of sp³-hybridized carbons (Fsp3) is 0.353. The van der Waals surface area contributed by atoms with E-state index in [4.69, 9.17) is 12.3 Å². The number of aromatic amines is 1. The van der Waals surface area contributed by atoms with Gasteiger partial charge in [-0.05, 0) is 6.07 Å².